The molecule has 2 aliphatic heterocycles. The Hall–Kier alpha value is -4.41. The molecule has 2 aromatic carbocycles. The number of carbonyl (C=O) groups excluding carboxylic acids is 1. The van der Waals surface area contributed by atoms with E-state index in [0.29, 0.717) is 36.4 Å². The van der Waals surface area contributed by atoms with Crippen LogP contribution in [0.4, 0.5) is 27.8 Å². The molecule has 8 N–H and O–H groups in total. The number of halogens is 1. The zero-order chi connectivity index (χ0) is 40.2. The summed E-state index contributed by atoms with van der Waals surface area (Å²) < 4.78 is 12.3. The lowest BCUT2D eigenvalue weighted by molar-refractivity contribution is -0.0568. The van der Waals surface area contributed by atoms with Crippen molar-refractivity contribution < 1.29 is 24.3 Å². The molecule has 15 heteroatoms. The average Bonchev–Trinajstić information content (AvgIpc) is 3.77. The quantitative estimate of drug-likeness (QED) is 0.118. The SMILES string of the molecule is CC(C)(C)OC(=O)N1CCC(Nc2cccc(Br)c2)C1.CC(C)(C)OCN1CCC(Nc2cccc(-c3ccc(N)nc3)c2)C1.Nc1ccc(B(O)O)cn1. The van der Waals surface area contributed by atoms with Crippen molar-refractivity contribution >= 4 is 57.6 Å². The first-order chi connectivity index (χ1) is 25.9. The number of nitrogens with zero attached hydrogens (tertiary/aromatic N) is 4. The summed E-state index contributed by atoms with van der Waals surface area (Å²) in [6.07, 6.45) is 4.97. The van der Waals surface area contributed by atoms with Gasteiger partial charge >= 0.3 is 13.2 Å². The number of pyridine rings is 2. The van der Waals surface area contributed by atoms with E-state index in [-0.39, 0.29) is 17.7 Å². The van der Waals surface area contributed by atoms with Gasteiger partial charge in [-0.15, -0.1) is 0 Å². The predicted molar refractivity (Wildman–Crippen MR) is 226 cm³/mol. The molecular formula is C40H56BBrN8O5. The Balaban J connectivity index is 0.000000200. The number of likely N-dealkylation sites (tertiary alicyclic amines) is 2. The van der Waals surface area contributed by atoms with Crippen LogP contribution in [0, 0.1) is 0 Å². The van der Waals surface area contributed by atoms with E-state index < -0.39 is 12.7 Å². The van der Waals surface area contributed by atoms with E-state index in [1.165, 1.54) is 18.3 Å². The first kappa shape index (κ1) is 43.3. The molecule has 2 fully saturated rings. The number of carbonyl (C=O) groups is 1. The van der Waals surface area contributed by atoms with Crippen LogP contribution in [0.2, 0.25) is 0 Å². The van der Waals surface area contributed by atoms with Crippen molar-refractivity contribution in [1.82, 2.24) is 19.8 Å². The van der Waals surface area contributed by atoms with Crippen molar-refractivity contribution in [1.29, 1.82) is 0 Å². The molecule has 6 rings (SSSR count). The molecular weight excluding hydrogens is 763 g/mol. The average molecular weight is 820 g/mol. The summed E-state index contributed by atoms with van der Waals surface area (Å²) in [5.74, 6) is 0.908. The number of hydrogen-bond acceptors (Lipinski definition) is 12. The van der Waals surface area contributed by atoms with E-state index >= 15 is 0 Å². The van der Waals surface area contributed by atoms with Crippen molar-refractivity contribution in [3.05, 3.63) is 89.7 Å². The van der Waals surface area contributed by atoms with Crippen LogP contribution in [0.5, 0.6) is 0 Å². The van der Waals surface area contributed by atoms with Crippen molar-refractivity contribution in [3.8, 4) is 11.1 Å². The lowest BCUT2D eigenvalue weighted by Crippen LogP contribution is -2.36. The van der Waals surface area contributed by atoms with E-state index in [1.807, 2.05) is 63.4 Å². The Kier molecular flexibility index (Phi) is 15.7. The standard InChI is InChI=1S/C20H28N4O.C15H21BrN2O2.C5H7BN2O2/c1-20(2,3)25-14-24-10-9-18(13-24)23-17-6-4-5-15(11-17)16-7-8-19(21)22-12-16;1-15(2,3)20-14(19)18-8-7-13(10-18)17-12-6-4-5-11(16)9-12;7-5-2-1-4(3-8-5)6(9)10/h4-8,11-12,18,23H,9-10,13-14H2,1-3H3,(H2,21,22);4-6,9,13,17H,7-8,10H2,1-3H3;1-3,9-10H,(H2,7,8). The molecule has 2 aliphatic rings. The normalized spacial score (nSPS) is 17.0. The number of nitrogen functional groups attached to an aromatic ring is 2. The minimum Gasteiger partial charge on any atom is -0.444 e. The van der Waals surface area contributed by atoms with E-state index in [0.717, 1.165) is 59.5 Å². The predicted octanol–water partition coefficient (Wildman–Crippen LogP) is 5.80. The third kappa shape index (κ3) is 15.7. The molecule has 0 radical (unpaired) electrons. The van der Waals surface area contributed by atoms with Crippen molar-refractivity contribution in [2.24, 2.45) is 0 Å². The highest BCUT2D eigenvalue weighted by Crippen LogP contribution is 2.25. The molecule has 4 aromatic rings. The van der Waals surface area contributed by atoms with Crippen LogP contribution >= 0.6 is 15.9 Å². The van der Waals surface area contributed by atoms with Gasteiger partial charge in [-0.3, -0.25) is 4.90 Å². The lowest BCUT2D eigenvalue weighted by Gasteiger charge is -2.24. The third-order valence-corrected chi connectivity index (χ3v) is 8.94. The van der Waals surface area contributed by atoms with Crippen molar-refractivity contribution in [3.63, 3.8) is 0 Å². The minimum absolute atomic E-state index is 0.0903. The van der Waals surface area contributed by atoms with Gasteiger partial charge in [-0.25, -0.2) is 14.8 Å². The highest BCUT2D eigenvalue weighted by Gasteiger charge is 2.30. The number of anilines is 4. The van der Waals surface area contributed by atoms with Crippen LogP contribution in [-0.2, 0) is 9.47 Å². The van der Waals surface area contributed by atoms with Crippen LogP contribution in [0.3, 0.4) is 0 Å². The van der Waals surface area contributed by atoms with Gasteiger partial charge in [0, 0.05) is 77.5 Å². The van der Waals surface area contributed by atoms with E-state index in [2.05, 4.69) is 86.5 Å². The van der Waals surface area contributed by atoms with E-state index in [4.69, 9.17) is 31.0 Å². The molecule has 4 heterocycles. The monoisotopic (exact) mass is 818 g/mol. The molecule has 2 atom stereocenters. The molecule has 13 nitrogen and oxygen atoms in total. The van der Waals surface area contributed by atoms with Crippen LogP contribution < -0.4 is 27.6 Å². The Bertz CT molecular complexity index is 1790. The molecule has 0 aliphatic carbocycles. The van der Waals surface area contributed by atoms with Crippen LogP contribution in [0.1, 0.15) is 54.4 Å². The van der Waals surface area contributed by atoms with Gasteiger partial charge in [-0.1, -0.05) is 40.2 Å². The molecule has 55 heavy (non-hydrogen) atoms. The van der Waals surface area contributed by atoms with Gasteiger partial charge in [0.15, 0.2) is 0 Å². The molecule has 2 unspecified atom stereocenters. The number of amides is 1. The summed E-state index contributed by atoms with van der Waals surface area (Å²) in [5, 5.41) is 24.3. The number of aromatic nitrogens is 2. The van der Waals surface area contributed by atoms with Gasteiger partial charge in [0.2, 0.25) is 0 Å². The number of benzene rings is 2. The summed E-state index contributed by atoms with van der Waals surface area (Å²) in [7, 11) is -1.46. The van der Waals surface area contributed by atoms with E-state index in [9.17, 15) is 4.79 Å². The summed E-state index contributed by atoms with van der Waals surface area (Å²) in [5.41, 5.74) is 15.2. The van der Waals surface area contributed by atoms with Gasteiger partial charge < -0.3 is 46.5 Å². The minimum atomic E-state index is -1.46. The molecule has 2 saturated heterocycles. The van der Waals surface area contributed by atoms with Gasteiger partial charge in [-0.05, 0) is 108 Å². The first-order valence-electron chi connectivity index (χ1n) is 18.4. The lowest BCUT2D eigenvalue weighted by atomic mass is 9.82. The molecule has 0 saturated carbocycles. The fraction of sp³-hybridized carbons (Fsp3) is 0.425. The van der Waals surface area contributed by atoms with Crippen LogP contribution in [0.25, 0.3) is 11.1 Å². The number of nitrogens with two attached hydrogens (primary N) is 2. The summed E-state index contributed by atoms with van der Waals surface area (Å²) in [4.78, 5) is 23.9. The Morgan fingerprint density at radius 3 is 2.02 bits per heavy atom. The van der Waals surface area contributed by atoms with Crippen molar-refractivity contribution in [2.45, 2.75) is 77.7 Å². The Morgan fingerprint density at radius 2 is 1.44 bits per heavy atom. The fourth-order valence-electron chi connectivity index (χ4n) is 5.71. The topological polar surface area (TPSA) is 184 Å². The van der Waals surface area contributed by atoms with Gasteiger partial charge in [0.05, 0.1) is 12.3 Å². The zero-order valence-corrected chi connectivity index (χ0v) is 34.3. The Morgan fingerprint density at radius 1 is 0.818 bits per heavy atom. The summed E-state index contributed by atoms with van der Waals surface area (Å²) in [6.45, 7) is 16.1. The second kappa shape index (κ2) is 20.0. The smallest absolute Gasteiger partial charge is 0.444 e. The summed E-state index contributed by atoms with van der Waals surface area (Å²) in [6, 6.07) is 24.1. The van der Waals surface area contributed by atoms with Gasteiger partial charge in [0.1, 0.15) is 17.2 Å². The number of nitrogens with one attached hydrogen (secondary N) is 2. The summed E-state index contributed by atoms with van der Waals surface area (Å²) >= 11 is 3.46. The highest BCUT2D eigenvalue weighted by molar-refractivity contribution is 9.10. The molecule has 1 amide bonds. The molecule has 0 bridgehead atoms. The largest absolute Gasteiger partial charge is 0.490 e. The highest BCUT2D eigenvalue weighted by atomic mass is 79.9. The van der Waals surface area contributed by atoms with E-state index in [1.54, 1.807) is 4.90 Å². The molecule has 296 valence electrons. The van der Waals surface area contributed by atoms with Gasteiger partial charge in [0.25, 0.3) is 0 Å². The van der Waals surface area contributed by atoms with Gasteiger partial charge in [-0.2, -0.15) is 0 Å². The van der Waals surface area contributed by atoms with Crippen molar-refractivity contribution in [2.75, 3.05) is 55.0 Å². The maximum Gasteiger partial charge on any atom is 0.490 e. The third-order valence-electron chi connectivity index (χ3n) is 8.45. The second-order valence-corrected chi connectivity index (χ2v) is 16.5. The van der Waals surface area contributed by atoms with Crippen LogP contribution in [-0.4, -0.2) is 99.2 Å². The molecule has 0 spiro atoms. The first-order valence-corrected chi connectivity index (χ1v) is 19.2. The maximum atomic E-state index is 12.0. The maximum absolute atomic E-state index is 12.0. The second-order valence-electron chi connectivity index (χ2n) is 15.6. The van der Waals surface area contributed by atoms with Crippen LogP contribution in [0.15, 0.2) is 89.7 Å². The zero-order valence-electron chi connectivity index (χ0n) is 32.7. The number of ether oxygens (including phenoxy) is 2. The Labute approximate surface area is 334 Å². The number of hydrogen-bond donors (Lipinski definition) is 6. The fourth-order valence-corrected chi connectivity index (χ4v) is 6.11. The number of rotatable bonds is 8. The molecule has 2 aromatic heterocycles.